The van der Waals surface area contributed by atoms with Gasteiger partial charge in [-0.15, -0.1) is 0 Å². The number of fused-ring (bicyclic) bond motifs is 2. The van der Waals surface area contributed by atoms with Crippen molar-refractivity contribution in [2.24, 2.45) is 11.8 Å². The first kappa shape index (κ1) is 12.5. The van der Waals surface area contributed by atoms with Gasteiger partial charge in [-0.25, -0.2) is 0 Å². The summed E-state index contributed by atoms with van der Waals surface area (Å²) >= 11 is 0. The van der Waals surface area contributed by atoms with Crippen molar-refractivity contribution in [3.05, 3.63) is 29.8 Å². The highest BCUT2D eigenvalue weighted by Gasteiger charge is 2.41. The number of hydrogen-bond donors (Lipinski definition) is 0. The quantitative estimate of drug-likeness (QED) is 0.781. The van der Waals surface area contributed by atoms with E-state index in [0.29, 0.717) is 12.3 Å². The van der Waals surface area contributed by atoms with E-state index < -0.39 is 0 Å². The lowest BCUT2D eigenvalue weighted by Crippen LogP contribution is -2.24. The molecule has 3 nitrogen and oxygen atoms in total. The molecule has 3 unspecified atom stereocenters. The Bertz CT molecular complexity index is 452. The highest BCUT2D eigenvalue weighted by atomic mass is 16.5. The van der Waals surface area contributed by atoms with Crippen molar-refractivity contribution in [1.82, 2.24) is 0 Å². The Hall–Kier alpha value is -1.51. The van der Waals surface area contributed by atoms with E-state index in [1.807, 2.05) is 24.3 Å². The van der Waals surface area contributed by atoms with Gasteiger partial charge in [-0.1, -0.05) is 12.1 Å². The van der Waals surface area contributed by atoms with Crippen LogP contribution in [0.1, 0.15) is 31.2 Å². The monoisotopic (exact) mass is 260 g/mol. The van der Waals surface area contributed by atoms with Gasteiger partial charge in [-0.2, -0.15) is 0 Å². The molecule has 0 heterocycles. The molecule has 0 amide bonds. The summed E-state index contributed by atoms with van der Waals surface area (Å²) in [7, 11) is 1.64. The summed E-state index contributed by atoms with van der Waals surface area (Å²) in [6.07, 6.45) is 5.46. The number of ether oxygens (including phenoxy) is 2. The molecule has 2 saturated carbocycles. The van der Waals surface area contributed by atoms with Gasteiger partial charge in [0.15, 0.2) is 0 Å². The van der Waals surface area contributed by atoms with E-state index in [4.69, 9.17) is 9.47 Å². The van der Waals surface area contributed by atoms with E-state index in [9.17, 15) is 4.79 Å². The SMILES string of the molecule is COc1ccc(CC(=O)OC2CC3CCC2C3)cc1. The largest absolute Gasteiger partial charge is 0.497 e. The van der Waals surface area contributed by atoms with Crippen LogP contribution >= 0.6 is 0 Å². The maximum absolute atomic E-state index is 11.9. The molecule has 0 N–H and O–H groups in total. The Labute approximate surface area is 113 Å². The van der Waals surface area contributed by atoms with Crippen molar-refractivity contribution in [3.63, 3.8) is 0 Å². The van der Waals surface area contributed by atoms with Crippen molar-refractivity contribution in [1.29, 1.82) is 0 Å². The normalized spacial score (nSPS) is 28.4. The van der Waals surface area contributed by atoms with Gasteiger partial charge in [0, 0.05) is 0 Å². The first-order valence-electron chi connectivity index (χ1n) is 7.07. The number of methoxy groups -OCH3 is 1. The summed E-state index contributed by atoms with van der Waals surface area (Å²) in [5, 5.41) is 0. The number of hydrogen-bond acceptors (Lipinski definition) is 3. The fraction of sp³-hybridized carbons (Fsp3) is 0.562. The highest BCUT2D eigenvalue weighted by molar-refractivity contribution is 5.72. The van der Waals surface area contributed by atoms with Crippen LogP contribution < -0.4 is 4.74 Å². The van der Waals surface area contributed by atoms with Crippen LogP contribution in [0.4, 0.5) is 0 Å². The van der Waals surface area contributed by atoms with Gasteiger partial charge in [-0.05, 0) is 55.2 Å². The number of esters is 1. The first-order chi connectivity index (χ1) is 9.24. The number of carbonyl (C=O) groups is 1. The molecule has 1 aromatic carbocycles. The molecule has 0 saturated heterocycles. The fourth-order valence-electron chi connectivity index (χ4n) is 3.45. The molecule has 2 aliphatic carbocycles. The van der Waals surface area contributed by atoms with Crippen molar-refractivity contribution in [3.8, 4) is 5.75 Å². The molecular formula is C16H20O3. The summed E-state index contributed by atoms with van der Waals surface area (Å²) < 4.78 is 10.7. The van der Waals surface area contributed by atoms with Crippen LogP contribution in [0.15, 0.2) is 24.3 Å². The Morgan fingerprint density at radius 1 is 1.21 bits per heavy atom. The third-order valence-corrected chi connectivity index (χ3v) is 4.46. The Balaban J connectivity index is 1.53. The Morgan fingerprint density at radius 2 is 2.00 bits per heavy atom. The lowest BCUT2D eigenvalue weighted by atomic mass is 9.98. The van der Waals surface area contributed by atoms with E-state index in [1.165, 1.54) is 19.3 Å². The van der Waals surface area contributed by atoms with Gasteiger partial charge >= 0.3 is 5.97 Å². The zero-order valence-electron chi connectivity index (χ0n) is 11.3. The zero-order valence-corrected chi connectivity index (χ0v) is 11.3. The fourth-order valence-corrected chi connectivity index (χ4v) is 3.45. The van der Waals surface area contributed by atoms with E-state index in [2.05, 4.69) is 0 Å². The molecule has 2 aliphatic rings. The molecule has 2 bridgehead atoms. The van der Waals surface area contributed by atoms with Gasteiger partial charge in [0.05, 0.1) is 13.5 Å². The zero-order chi connectivity index (χ0) is 13.2. The molecule has 102 valence electrons. The van der Waals surface area contributed by atoms with E-state index in [-0.39, 0.29) is 12.1 Å². The molecule has 1 aromatic rings. The molecule has 0 spiro atoms. The average molecular weight is 260 g/mol. The number of rotatable bonds is 4. The predicted octanol–water partition coefficient (Wildman–Crippen LogP) is 2.97. The first-order valence-corrected chi connectivity index (χ1v) is 7.07. The lowest BCUT2D eigenvalue weighted by molar-refractivity contribution is -0.150. The van der Waals surface area contributed by atoms with Crippen LogP contribution in [-0.2, 0) is 16.0 Å². The predicted molar refractivity (Wildman–Crippen MR) is 72.0 cm³/mol. The second-order valence-electron chi connectivity index (χ2n) is 5.73. The second-order valence-corrected chi connectivity index (χ2v) is 5.73. The van der Waals surface area contributed by atoms with Crippen LogP contribution in [-0.4, -0.2) is 19.2 Å². The van der Waals surface area contributed by atoms with Crippen LogP contribution in [0, 0.1) is 11.8 Å². The van der Waals surface area contributed by atoms with Crippen LogP contribution in [0.25, 0.3) is 0 Å². The lowest BCUT2D eigenvalue weighted by Gasteiger charge is -2.21. The van der Waals surface area contributed by atoms with Gasteiger partial charge < -0.3 is 9.47 Å². The van der Waals surface area contributed by atoms with Gasteiger partial charge in [0.25, 0.3) is 0 Å². The van der Waals surface area contributed by atoms with Crippen LogP contribution in [0.5, 0.6) is 5.75 Å². The van der Waals surface area contributed by atoms with Gasteiger partial charge in [0.1, 0.15) is 11.9 Å². The Morgan fingerprint density at radius 3 is 2.58 bits per heavy atom. The third-order valence-electron chi connectivity index (χ3n) is 4.46. The summed E-state index contributed by atoms with van der Waals surface area (Å²) in [5.74, 6) is 2.15. The molecular weight excluding hydrogens is 240 g/mol. The highest BCUT2D eigenvalue weighted by Crippen LogP contribution is 2.45. The van der Waals surface area contributed by atoms with Crippen LogP contribution in [0.2, 0.25) is 0 Å². The minimum atomic E-state index is -0.0947. The minimum Gasteiger partial charge on any atom is -0.497 e. The van der Waals surface area contributed by atoms with Gasteiger partial charge in [0.2, 0.25) is 0 Å². The summed E-state index contributed by atoms with van der Waals surface area (Å²) in [4.78, 5) is 11.9. The molecule has 3 atom stereocenters. The number of carbonyl (C=O) groups excluding carboxylic acids is 1. The van der Waals surface area contributed by atoms with E-state index in [0.717, 1.165) is 23.7 Å². The van der Waals surface area contributed by atoms with E-state index >= 15 is 0 Å². The third kappa shape index (κ3) is 2.75. The maximum Gasteiger partial charge on any atom is 0.310 e. The smallest absolute Gasteiger partial charge is 0.310 e. The average Bonchev–Trinajstić information content (AvgIpc) is 3.02. The molecule has 3 heteroatoms. The van der Waals surface area contributed by atoms with Crippen molar-refractivity contribution >= 4 is 5.97 Å². The maximum atomic E-state index is 11.9. The van der Waals surface area contributed by atoms with Crippen molar-refractivity contribution in [2.45, 2.75) is 38.2 Å². The topological polar surface area (TPSA) is 35.5 Å². The Kier molecular flexibility index (Phi) is 3.45. The molecule has 0 radical (unpaired) electrons. The molecule has 2 fully saturated rings. The summed E-state index contributed by atoms with van der Waals surface area (Å²) in [5.41, 5.74) is 0.981. The summed E-state index contributed by atoms with van der Waals surface area (Å²) in [6.45, 7) is 0. The van der Waals surface area contributed by atoms with Crippen molar-refractivity contribution in [2.75, 3.05) is 7.11 Å². The molecule has 0 aliphatic heterocycles. The van der Waals surface area contributed by atoms with Gasteiger partial charge in [-0.3, -0.25) is 4.79 Å². The number of benzene rings is 1. The summed E-state index contributed by atoms with van der Waals surface area (Å²) in [6, 6.07) is 7.59. The van der Waals surface area contributed by atoms with Crippen LogP contribution in [0.3, 0.4) is 0 Å². The standard InChI is InChI=1S/C16H20O3/c1-18-14-6-3-11(4-7-14)10-16(17)19-15-9-12-2-5-13(15)8-12/h3-4,6-7,12-13,15H,2,5,8-10H2,1H3. The molecule has 19 heavy (non-hydrogen) atoms. The molecule has 0 aromatic heterocycles. The minimum absolute atomic E-state index is 0.0947. The molecule has 3 rings (SSSR count). The second kappa shape index (κ2) is 5.24. The van der Waals surface area contributed by atoms with E-state index in [1.54, 1.807) is 7.11 Å². The van der Waals surface area contributed by atoms with Crippen molar-refractivity contribution < 1.29 is 14.3 Å².